The van der Waals surface area contributed by atoms with Gasteiger partial charge in [0.05, 0.1) is 11.3 Å². The molecule has 0 saturated heterocycles. The second-order valence-corrected chi connectivity index (χ2v) is 5.07. The first-order valence-electron chi connectivity index (χ1n) is 7.05. The third kappa shape index (κ3) is 3.45. The van der Waals surface area contributed by atoms with Crippen LogP contribution in [0.4, 0.5) is 30.4 Å². The minimum Gasteiger partial charge on any atom is -0.384 e. The van der Waals surface area contributed by atoms with Gasteiger partial charge in [0.25, 0.3) is 0 Å². The van der Waals surface area contributed by atoms with E-state index in [0.29, 0.717) is 22.9 Å². The molecule has 0 radical (unpaired) electrons. The molecule has 7 heteroatoms. The molecule has 0 spiro atoms. The number of nitrogens with one attached hydrogen (secondary N) is 1. The zero-order valence-electron chi connectivity index (χ0n) is 12.4. The van der Waals surface area contributed by atoms with Crippen molar-refractivity contribution in [2.24, 2.45) is 0 Å². The number of nitrogens with zero attached hydrogens (tertiary/aromatic N) is 2. The van der Waals surface area contributed by atoms with E-state index in [9.17, 15) is 13.2 Å². The van der Waals surface area contributed by atoms with Gasteiger partial charge in [-0.15, -0.1) is 0 Å². The number of aromatic nitrogens is 2. The largest absolute Gasteiger partial charge is 0.416 e. The molecule has 0 bridgehead atoms. The molecule has 0 atom stereocenters. The highest BCUT2D eigenvalue weighted by atomic mass is 19.4. The van der Waals surface area contributed by atoms with Crippen LogP contribution in [0.5, 0.6) is 0 Å². The number of hydrogen-bond donors (Lipinski definition) is 2. The lowest BCUT2D eigenvalue weighted by Gasteiger charge is -2.13. The lowest BCUT2D eigenvalue weighted by molar-refractivity contribution is -0.137. The Bertz CT molecular complexity index is 845. The average molecular weight is 330 g/mol. The molecule has 1 heterocycles. The number of alkyl halides is 3. The Balaban J connectivity index is 1.91. The number of benzene rings is 2. The summed E-state index contributed by atoms with van der Waals surface area (Å²) < 4.78 is 37.9. The fourth-order valence-electron chi connectivity index (χ4n) is 2.23. The number of hydrogen-bond acceptors (Lipinski definition) is 4. The normalized spacial score (nSPS) is 11.3. The molecule has 122 valence electrons. The highest BCUT2D eigenvalue weighted by molar-refractivity contribution is 5.79. The maximum atomic E-state index is 12.6. The smallest absolute Gasteiger partial charge is 0.384 e. The summed E-state index contributed by atoms with van der Waals surface area (Å²) in [4.78, 5) is 8.03. The van der Waals surface area contributed by atoms with Gasteiger partial charge in [-0.1, -0.05) is 18.2 Å². The molecule has 3 N–H and O–H groups in total. The Kier molecular flexibility index (Phi) is 4.07. The minimum absolute atomic E-state index is 0.337. The molecule has 0 unspecified atom stereocenters. The molecule has 0 aliphatic heterocycles. The van der Waals surface area contributed by atoms with Gasteiger partial charge in [0.15, 0.2) is 0 Å². The van der Waals surface area contributed by atoms with E-state index in [2.05, 4.69) is 15.3 Å². The molecular weight excluding hydrogens is 317 g/mol. The maximum absolute atomic E-state index is 12.6. The molecule has 3 aromatic rings. The van der Waals surface area contributed by atoms with Gasteiger partial charge in [-0.3, -0.25) is 0 Å². The first-order valence-corrected chi connectivity index (χ1v) is 7.05. The number of nitrogens with two attached hydrogens (primary N) is 1. The predicted octanol–water partition coefficient (Wildman–Crippen LogP) is 4.49. The van der Waals surface area contributed by atoms with Crippen LogP contribution in [0.2, 0.25) is 0 Å². The standard InChI is InChI=1S/C17H13F3N4/c18-17(19,20)11-5-7-12(8-6-11)24-14-4-2-1-3-13(14)15-9-16(21)23-10-22-15/h1-10,24H,(H2,21,22,23). The molecule has 24 heavy (non-hydrogen) atoms. The lowest BCUT2D eigenvalue weighted by atomic mass is 10.1. The summed E-state index contributed by atoms with van der Waals surface area (Å²) in [7, 11) is 0. The van der Waals surface area contributed by atoms with Gasteiger partial charge in [0.2, 0.25) is 0 Å². The highest BCUT2D eigenvalue weighted by Crippen LogP contribution is 2.32. The van der Waals surface area contributed by atoms with Crippen LogP contribution in [-0.2, 0) is 6.18 Å². The van der Waals surface area contributed by atoms with E-state index < -0.39 is 11.7 Å². The molecule has 3 rings (SSSR count). The van der Waals surface area contributed by atoms with E-state index in [1.54, 1.807) is 6.07 Å². The maximum Gasteiger partial charge on any atom is 0.416 e. The summed E-state index contributed by atoms with van der Waals surface area (Å²) in [6.45, 7) is 0. The lowest BCUT2D eigenvalue weighted by Crippen LogP contribution is -2.04. The molecule has 2 aromatic carbocycles. The molecule has 0 aliphatic rings. The van der Waals surface area contributed by atoms with Gasteiger partial charge in [0.1, 0.15) is 12.1 Å². The number of para-hydroxylation sites is 1. The van der Waals surface area contributed by atoms with E-state index >= 15 is 0 Å². The van der Waals surface area contributed by atoms with Crippen molar-refractivity contribution in [2.75, 3.05) is 11.1 Å². The van der Waals surface area contributed by atoms with Crippen molar-refractivity contribution >= 4 is 17.2 Å². The fraction of sp³-hybridized carbons (Fsp3) is 0.0588. The van der Waals surface area contributed by atoms with Crippen molar-refractivity contribution in [3.05, 3.63) is 66.5 Å². The molecule has 1 aromatic heterocycles. The minimum atomic E-state index is -4.35. The van der Waals surface area contributed by atoms with Crippen LogP contribution in [-0.4, -0.2) is 9.97 Å². The molecule has 0 aliphatic carbocycles. The fourth-order valence-corrected chi connectivity index (χ4v) is 2.23. The first-order chi connectivity index (χ1) is 11.4. The van der Waals surface area contributed by atoms with E-state index in [4.69, 9.17) is 5.73 Å². The van der Waals surface area contributed by atoms with E-state index in [-0.39, 0.29) is 0 Å². The van der Waals surface area contributed by atoms with Gasteiger partial charge in [0, 0.05) is 23.0 Å². The summed E-state index contributed by atoms with van der Waals surface area (Å²) >= 11 is 0. The molecule has 0 fully saturated rings. The summed E-state index contributed by atoms with van der Waals surface area (Å²) in [5.74, 6) is 0.337. The summed E-state index contributed by atoms with van der Waals surface area (Å²) in [5, 5.41) is 3.10. The van der Waals surface area contributed by atoms with Crippen molar-refractivity contribution in [3.8, 4) is 11.3 Å². The zero-order valence-corrected chi connectivity index (χ0v) is 12.4. The van der Waals surface area contributed by atoms with Crippen molar-refractivity contribution in [3.63, 3.8) is 0 Å². The van der Waals surface area contributed by atoms with Crippen LogP contribution in [0, 0.1) is 0 Å². The number of rotatable bonds is 3. The predicted molar refractivity (Wildman–Crippen MR) is 86.6 cm³/mol. The molecular formula is C17H13F3N4. The Hall–Kier alpha value is -3.09. The van der Waals surface area contributed by atoms with Crippen LogP contribution in [0.3, 0.4) is 0 Å². The van der Waals surface area contributed by atoms with Gasteiger partial charge in [-0.2, -0.15) is 13.2 Å². The number of halogens is 3. The first kappa shape index (κ1) is 15.8. The van der Waals surface area contributed by atoms with Crippen molar-refractivity contribution in [1.29, 1.82) is 0 Å². The van der Waals surface area contributed by atoms with Gasteiger partial charge in [-0.25, -0.2) is 9.97 Å². The van der Waals surface area contributed by atoms with Crippen LogP contribution < -0.4 is 11.1 Å². The molecule has 0 saturated carbocycles. The van der Waals surface area contributed by atoms with E-state index in [1.807, 2.05) is 24.3 Å². The Morgan fingerprint density at radius 3 is 2.29 bits per heavy atom. The second kappa shape index (κ2) is 6.19. The van der Waals surface area contributed by atoms with Gasteiger partial charge < -0.3 is 11.1 Å². The van der Waals surface area contributed by atoms with Gasteiger partial charge >= 0.3 is 6.18 Å². The molecule has 4 nitrogen and oxygen atoms in total. The SMILES string of the molecule is Nc1cc(-c2ccccc2Nc2ccc(C(F)(F)F)cc2)ncn1. The Labute approximate surface area is 136 Å². The average Bonchev–Trinajstić information content (AvgIpc) is 2.55. The van der Waals surface area contributed by atoms with Crippen LogP contribution in [0.1, 0.15) is 5.56 Å². The van der Waals surface area contributed by atoms with Gasteiger partial charge in [-0.05, 0) is 30.3 Å². The second-order valence-electron chi connectivity index (χ2n) is 5.07. The van der Waals surface area contributed by atoms with Crippen molar-refractivity contribution in [1.82, 2.24) is 9.97 Å². The van der Waals surface area contributed by atoms with Crippen LogP contribution >= 0.6 is 0 Å². The van der Waals surface area contributed by atoms with Crippen molar-refractivity contribution in [2.45, 2.75) is 6.18 Å². The zero-order chi connectivity index (χ0) is 17.2. The summed E-state index contributed by atoms with van der Waals surface area (Å²) in [5.41, 5.74) is 7.62. The third-order valence-corrected chi connectivity index (χ3v) is 3.38. The Morgan fingerprint density at radius 1 is 0.917 bits per heavy atom. The Morgan fingerprint density at radius 2 is 1.62 bits per heavy atom. The monoisotopic (exact) mass is 330 g/mol. The summed E-state index contributed by atoms with van der Waals surface area (Å²) in [6, 6.07) is 13.8. The van der Waals surface area contributed by atoms with Crippen LogP contribution in [0.15, 0.2) is 60.9 Å². The number of nitrogen functional groups attached to an aromatic ring is 1. The van der Waals surface area contributed by atoms with E-state index in [1.165, 1.54) is 18.5 Å². The number of anilines is 3. The quantitative estimate of drug-likeness (QED) is 0.743. The van der Waals surface area contributed by atoms with Crippen LogP contribution in [0.25, 0.3) is 11.3 Å². The topological polar surface area (TPSA) is 63.8 Å². The highest BCUT2D eigenvalue weighted by Gasteiger charge is 2.29. The van der Waals surface area contributed by atoms with Crippen molar-refractivity contribution < 1.29 is 13.2 Å². The third-order valence-electron chi connectivity index (χ3n) is 3.38. The van der Waals surface area contributed by atoms with E-state index in [0.717, 1.165) is 17.7 Å². The molecule has 0 amide bonds. The summed E-state index contributed by atoms with van der Waals surface area (Å²) in [6.07, 6.45) is -2.99.